The van der Waals surface area contributed by atoms with Crippen LogP contribution in [0, 0.1) is 13.8 Å². The summed E-state index contributed by atoms with van der Waals surface area (Å²) in [4.78, 5) is 4.23. The van der Waals surface area contributed by atoms with E-state index in [0.29, 0.717) is 10.7 Å². The highest BCUT2D eigenvalue weighted by Crippen LogP contribution is 2.41. The van der Waals surface area contributed by atoms with Crippen molar-refractivity contribution >= 4 is 26.7 Å². The van der Waals surface area contributed by atoms with Crippen LogP contribution in [0.5, 0.6) is 5.75 Å². The molecule has 4 N–H and O–H groups in total. The van der Waals surface area contributed by atoms with Gasteiger partial charge in [0, 0.05) is 5.56 Å². The average Bonchev–Trinajstić information content (AvgIpc) is 2.56. The summed E-state index contributed by atoms with van der Waals surface area (Å²) in [5.74, 6) is 0.142. The molecule has 4 nitrogen and oxygen atoms in total. The van der Waals surface area contributed by atoms with Gasteiger partial charge in [-0.3, -0.25) is 0 Å². The molecule has 0 amide bonds. The molecule has 0 fully saturated rings. The zero-order valence-corrected chi connectivity index (χ0v) is 10.2. The van der Waals surface area contributed by atoms with Crippen LogP contribution in [0.4, 0.5) is 5.13 Å². The average molecular weight is 238 g/mol. The van der Waals surface area contributed by atoms with Gasteiger partial charge in [0.15, 0.2) is 5.13 Å². The van der Waals surface area contributed by atoms with Crippen LogP contribution in [-0.2, 0) is 0 Å². The Bertz CT molecular complexity index is 561. The molecule has 0 bridgehead atoms. The lowest BCUT2D eigenvalue weighted by Crippen LogP contribution is -1.96. The maximum atomic E-state index is 10.0. The maximum Gasteiger partial charge on any atom is 0.181 e. The fraction of sp³-hybridized carbons (Fsp3) is 0.364. The number of rotatable bonds is 1. The first-order valence-electron chi connectivity index (χ1n) is 4.99. The van der Waals surface area contributed by atoms with E-state index < -0.39 is 6.10 Å². The van der Waals surface area contributed by atoms with Crippen molar-refractivity contribution in [2.45, 2.75) is 26.9 Å². The first-order valence-corrected chi connectivity index (χ1v) is 5.81. The Morgan fingerprint density at radius 1 is 1.31 bits per heavy atom. The monoisotopic (exact) mass is 238 g/mol. The summed E-state index contributed by atoms with van der Waals surface area (Å²) >= 11 is 1.29. The molecule has 1 aromatic heterocycles. The van der Waals surface area contributed by atoms with Crippen molar-refractivity contribution in [2.75, 3.05) is 5.73 Å². The number of phenols is 1. The number of anilines is 1. The molecule has 16 heavy (non-hydrogen) atoms. The number of hydrogen-bond donors (Lipinski definition) is 3. The molecule has 1 atom stereocenters. The molecular weight excluding hydrogens is 224 g/mol. The minimum atomic E-state index is -0.735. The predicted octanol–water partition coefficient (Wildman–Crippen LogP) is 2.25. The maximum absolute atomic E-state index is 10.0. The van der Waals surface area contributed by atoms with Crippen LogP contribution in [0.1, 0.15) is 29.7 Å². The van der Waals surface area contributed by atoms with Gasteiger partial charge in [-0.25, -0.2) is 4.98 Å². The summed E-state index contributed by atoms with van der Waals surface area (Å²) in [6, 6.07) is 0. The van der Waals surface area contributed by atoms with Gasteiger partial charge in [0.1, 0.15) is 5.75 Å². The number of fused-ring (bicyclic) bond motifs is 1. The third-order valence-corrected chi connectivity index (χ3v) is 3.75. The number of nitrogen functional groups attached to an aromatic ring is 1. The van der Waals surface area contributed by atoms with Crippen molar-refractivity contribution in [2.24, 2.45) is 0 Å². The number of nitrogens with zero attached hydrogens (tertiary/aromatic N) is 1. The van der Waals surface area contributed by atoms with E-state index in [1.54, 1.807) is 6.92 Å². The highest BCUT2D eigenvalue weighted by Gasteiger charge is 2.20. The van der Waals surface area contributed by atoms with E-state index in [1.807, 2.05) is 13.8 Å². The van der Waals surface area contributed by atoms with Crippen LogP contribution in [0.3, 0.4) is 0 Å². The number of nitrogens with two attached hydrogens (primary N) is 1. The molecule has 1 unspecified atom stereocenters. The van der Waals surface area contributed by atoms with E-state index in [2.05, 4.69) is 4.98 Å². The number of thiazole rings is 1. The van der Waals surface area contributed by atoms with Gasteiger partial charge >= 0.3 is 0 Å². The van der Waals surface area contributed by atoms with Crippen LogP contribution in [0.2, 0.25) is 0 Å². The predicted molar refractivity (Wildman–Crippen MR) is 65.8 cm³/mol. The van der Waals surface area contributed by atoms with E-state index in [9.17, 15) is 10.2 Å². The summed E-state index contributed by atoms with van der Waals surface area (Å²) in [5.41, 5.74) is 8.62. The van der Waals surface area contributed by atoms with E-state index in [0.717, 1.165) is 21.3 Å². The smallest absolute Gasteiger partial charge is 0.181 e. The van der Waals surface area contributed by atoms with Crippen molar-refractivity contribution in [1.29, 1.82) is 0 Å². The molecule has 2 rings (SSSR count). The zero-order valence-electron chi connectivity index (χ0n) is 9.40. The van der Waals surface area contributed by atoms with Crippen LogP contribution in [0.25, 0.3) is 10.2 Å². The first-order chi connectivity index (χ1) is 7.43. The Kier molecular flexibility index (Phi) is 2.52. The molecule has 0 aliphatic carbocycles. The number of aromatic nitrogens is 1. The Labute approximate surface area is 97.4 Å². The molecule has 1 heterocycles. The summed E-state index contributed by atoms with van der Waals surface area (Å²) in [7, 11) is 0. The van der Waals surface area contributed by atoms with E-state index in [4.69, 9.17) is 5.73 Å². The molecule has 2 aromatic rings. The van der Waals surface area contributed by atoms with Crippen molar-refractivity contribution in [1.82, 2.24) is 4.98 Å². The highest BCUT2D eigenvalue weighted by atomic mass is 32.1. The number of benzene rings is 1. The number of aliphatic hydroxyl groups excluding tert-OH is 1. The van der Waals surface area contributed by atoms with Crippen molar-refractivity contribution in [3.8, 4) is 5.75 Å². The van der Waals surface area contributed by atoms with Gasteiger partial charge in [0.25, 0.3) is 0 Å². The number of aliphatic hydroxyl groups is 1. The summed E-state index contributed by atoms with van der Waals surface area (Å²) in [5, 5.41) is 20.2. The fourth-order valence-electron chi connectivity index (χ4n) is 1.83. The molecule has 5 heteroatoms. The standard InChI is InChI=1S/C11H14N2O2S/c1-4-5(2)9(15)7(6(3)14)10-8(4)13-11(12)16-10/h6,14-15H,1-3H3,(H2,12,13). The van der Waals surface area contributed by atoms with Gasteiger partial charge in [0.05, 0.1) is 16.3 Å². The molecule has 0 saturated heterocycles. The molecule has 0 spiro atoms. The summed E-state index contributed by atoms with van der Waals surface area (Å²) < 4.78 is 0.771. The number of aromatic hydroxyl groups is 1. The lowest BCUT2D eigenvalue weighted by molar-refractivity contribution is 0.196. The quantitative estimate of drug-likeness (QED) is 0.712. The Morgan fingerprint density at radius 3 is 2.50 bits per heavy atom. The molecular formula is C11H14N2O2S. The van der Waals surface area contributed by atoms with Gasteiger partial charge in [0.2, 0.25) is 0 Å². The van der Waals surface area contributed by atoms with Gasteiger partial charge in [-0.1, -0.05) is 11.3 Å². The Morgan fingerprint density at radius 2 is 1.94 bits per heavy atom. The van der Waals surface area contributed by atoms with Crippen molar-refractivity contribution in [3.05, 3.63) is 16.7 Å². The molecule has 0 radical (unpaired) electrons. The van der Waals surface area contributed by atoms with Crippen LogP contribution in [-0.4, -0.2) is 15.2 Å². The van der Waals surface area contributed by atoms with Crippen LogP contribution >= 0.6 is 11.3 Å². The Balaban J connectivity index is 2.97. The Hall–Kier alpha value is -1.33. The molecule has 0 aliphatic rings. The SMILES string of the molecule is Cc1c(O)c(C(C)O)c2sc(N)nc2c1C. The van der Waals surface area contributed by atoms with Crippen LogP contribution in [0.15, 0.2) is 0 Å². The third-order valence-electron chi connectivity index (χ3n) is 2.83. The van der Waals surface area contributed by atoms with Crippen molar-refractivity contribution in [3.63, 3.8) is 0 Å². The zero-order chi connectivity index (χ0) is 12.0. The second-order valence-corrected chi connectivity index (χ2v) is 4.95. The molecule has 1 aromatic carbocycles. The normalized spacial score (nSPS) is 13.2. The largest absolute Gasteiger partial charge is 0.507 e. The summed E-state index contributed by atoms with van der Waals surface area (Å²) in [6.07, 6.45) is -0.735. The second kappa shape index (κ2) is 3.61. The number of aryl methyl sites for hydroxylation is 1. The van der Waals surface area contributed by atoms with E-state index >= 15 is 0 Å². The minimum Gasteiger partial charge on any atom is -0.507 e. The number of hydrogen-bond acceptors (Lipinski definition) is 5. The fourth-order valence-corrected chi connectivity index (χ4v) is 2.84. The number of phenolic OH excluding ortho intramolecular Hbond substituents is 1. The topological polar surface area (TPSA) is 79.4 Å². The first kappa shape index (κ1) is 11.2. The summed E-state index contributed by atoms with van der Waals surface area (Å²) in [6.45, 7) is 5.33. The lowest BCUT2D eigenvalue weighted by Gasteiger charge is -2.13. The van der Waals surface area contributed by atoms with Gasteiger partial charge in [-0.2, -0.15) is 0 Å². The van der Waals surface area contributed by atoms with E-state index in [1.165, 1.54) is 11.3 Å². The van der Waals surface area contributed by atoms with Crippen LogP contribution < -0.4 is 5.73 Å². The lowest BCUT2D eigenvalue weighted by atomic mass is 10.00. The molecule has 86 valence electrons. The second-order valence-electron chi connectivity index (χ2n) is 3.92. The molecule has 0 saturated carbocycles. The van der Waals surface area contributed by atoms with Gasteiger partial charge in [-0.05, 0) is 31.9 Å². The van der Waals surface area contributed by atoms with Gasteiger partial charge < -0.3 is 15.9 Å². The third kappa shape index (κ3) is 1.44. The van der Waals surface area contributed by atoms with Gasteiger partial charge in [-0.15, -0.1) is 0 Å². The van der Waals surface area contributed by atoms with E-state index in [-0.39, 0.29) is 5.75 Å². The minimum absolute atomic E-state index is 0.142. The highest BCUT2D eigenvalue weighted by molar-refractivity contribution is 7.22. The molecule has 0 aliphatic heterocycles. The van der Waals surface area contributed by atoms with Crippen molar-refractivity contribution < 1.29 is 10.2 Å².